The van der Waals surface area contributed by atoms with Crippen LogP contribution in [0.25, 0.3) is 0 Å². The van der Waals surface area contributed by atoms with E-state index in [0.29, 0.717) is 17.0 Å². The summed E-state index contributed by atoms with van der Waals surface area (Å²) >= 11 is 0. The molecule has 5 heteroatoms. The monoisotopic (exact) mass is 302 g/mol. The van der Waals surface area contributed by atoms with E-state index in [2.05, 4.69) is 4.84 Å². The molecule has 0 saturated heterocycles. The third kappa shape index (κ3) is 4.05. The molecule has 22 heavy (non-hydrogen) atoms. The van der Waals surface area contributed by atoms with Gasteiger partial charge in [-0.2, -0.15) is 5.90 Å². The largest absolute Gasteiger partial charge is 0.373 e. The van der Waals surface area contributed by atoms with Gasteiger partial charge in [-0.15, -0.1) is 0 Å². The smallest absolute Gasteiger partial charge is 0.330 e. The van der Waals surface area contributed by atoms with E-state index in [0.717, 1.165) is 5.56 Å². The average molecular weight is 302 g/mol. The van der Waals surface area contributed by atoms with Crippen molar-refractivity contribution in [2.45, 2.75) is 27.2 Å². The van der Waals surface area contributed by atoms with Crippen molar-refractivity contribution in [3.63, 3.8) is 0 Å². The number of carbonyl (C=O) groups is 2. The van der Waals surface area contributed by atoms with Crippen LogP contribution < -0.4 is 5.90 Å². The third-order valence-electron chi connectivity index (χ3n) is 3.23. The quantitative estimate of drug-likeness (QED) is 0.695. The molecule has 0 unspecified atom stereocenters. The summed E-state index contributed by atoms with van der Waals surface area (Å²) in [6.07, 6.45) is 0.0359. The Bertz CT molecular complexity index is 642. The van der Waals surface area contributed by atoms with E-state index in [4.69, 9.17) is 5.90 Å². The number of nitrogens with two attached hydrogens (primary N) is 1. The standard InChI is InChI=1S/C15H16N2O3.C2H6/c1-10-3-5-11(6-4-10)15(19)13-8-7-12(17(13)2)9-14(18)20-16;1-2/h3-8H,9,16H2,1-2H3;1-2H3. The molecule has 0 bridgehead atoms. The lowest BCUT2D eigenvalue weighted by Gasteiger charge is -2.06. The Labute approximate surface area is 130 Å². The Balaban J connectivity index is 0.00000116. The van der Waals surface area contributed by atoms with Crippen LogP contribution in [0, 0.1) is 6.92 Å². The first-order chi connectivity index (χ1) is 10.5. The van der Waals surface area contributed by atoms with E-state index in [1.54, 1.807) is 35.9 Å². The highest BCUT2D eigenvalue weighted by Crippen LogP contribution is 2.14. The summed E-state index contributed by atoms with van der Waals surface area (Å²) in [5.41, 5.74) is 2.91. The second kappa shape index (κ2) is 8.14. The van der Waals surface area contributed by atoms with Crippen molar-refractivity contribution < 1.29 is 14.4 Å². The number of aromatic nitrogens is 1. The summed E-state index contributed by atoms with van der Waals surface area (Å²) in [5.74, 6) is 4.19. The second-order valence-corrected chi connectivity index (χ2v) is 4.63. The van der Waals surface area contributed by atoms with Crippen molar-refractivity contribution >= 4 is 11.8 Å². The van der Waals surface area contributed by atoms with Crippen LogP contribution in [0.5, 0.6) is 0 Å². The zero-order valence-electron chi connectivity index (χ0n) is 13.4. The van der Waals surface area contributed by atoms with Gasteiger partial charge in [-0.05, 0) is 19.1 Å². The van der Waals surface area contributed by atoms with Gasteiger partial charge in [-0.25, -0.2) is 4.79 Å². The molecular weight excluding hydrogens is 280 g/mol. The van der Waals surface area contributed by atoms with E-state index in [1.807, 2.05) is 32.9 Å². The van der Waals surface area contributed by atoms with Gasteiger partial charge >= 0.3 is 5.97 Å². The molecule has 1 aromatic heterocycles. The molecule has 2 N–H and O–H groups in total. The Morgan fingerprint density at radius 1 is 1.09 bits per heavy atom. The van der Waals surface area contributed by atoms with Crippen molar-refractivity contribution in [1.82, 2.24) is 4.57 Å². The average Bonchev–Trinajstić information content (AvgIpc) is 2.90. The molecular formula is C17H22N2O3. The first-order valence-corrected chi connectivity index (χ1v) is 7.18. The van der Waals surface area contributed by atoms with Gasteiger partial charge in [0.05, 0.1) is 12.1 Å². The molecule has 0 saturated carbocycles. The number of benzene rings is 1. The van der Waals surface area contributed by atoms with E-state index in [9.17, 15) is 9.59 Å². The van der Waals surface area contributed by atoms with E-state index in [-0.39, 0.29) is 12.2 Å². The fourth-order valence-corrected chi connectivity index (χ4v) is 2.00. The normalized spacial score (nSPS) is 9.68. The van der Waals surface area contributed by atoms with Gasteiger partial charge in [0, 0.05) is 18.3 Å². The zero-order valence-corrected chi connectivity index (χ0v) is 13.4. The Morgan fingerprint density at radius 3 is 2.23 bits per heavy atom. The second-order valence-electron chi connectivity index (χ2n) is 4.63. The molecule has 0 radical (unpaired) electrons. The summed E-state index contributed by atoms with van der Waals surface area (Å²) in [6.45, 7) is 5.97. The van der Waals surface area contributed by atoms with Crippen molar-refractivity contribution in [2.24, 2.45) is 12.9 Å². The predicted octanol–water partition coefficient (Wildman–Crippen LogP) is 2.55. The first kappa shape index (κ1) is 17.7. The van der Waals surface area contributed by atoms with Crippen molar-refractivity contribution in [3.05, 3.63) is 58.9 Å². The maximum atomic E-state index is 12.4. The number of ketones is 1. The van der Waals surface area contributed by atoms with Crippen LogP contribution in [0.1, 0.15) is 41.2 Å². The van der Waals surface area contributed by atoms with Crippen LogP contribution >= 0.6 is 0 Å². The van der Waals surface area contributed by atoms with Crippen LogP contribution in [0.3, 0.4) is 0 Å². The molecule has 0 aliphatic rings. The van der Waals surface area contributed by atoms with Gasteiger partial charge in [-0.1, -0.05) is 43.7 Å². The van der Waals surface area contributed by atoms with Crippen molar-refractivity contribution in [3.8, 4) is 0 Å². The number of rotatable bonds is 4. The van der Waals surface area contributed by atoms with Gasteiger partial charge in [0.2, 0.25) is 5.78 Å². The summed E-state index contributed by atoms with van der Waals surface area (Å²) < 4.78 is 1.68. The van der Waals surface area contributed by atoms with E-state index in [1.165, 1.54) is 0 Å². The minimum atomic E-state index is -0.541. The molecule has 5 nitrogen and oxygen atoms in total. The summed E-state index contributed by atoms with van der Waals surface area (Å²) in [7, 11) is 1.74. The number of hydrogen-bond acceptors (Lipinski definition) is 4. The molecule has 0 atom stereocenters. The minimum absolute atomic E-state index is 0.0359. The lowest BCUT2D eigenvalue weighted by atomic mass is 10.1. The molecule has 118 valence electrons. The third-order valence-corrected chi connectivity index (χ3v) is 3.23. The van der Waals surface area contributed by atoms with Gasteiger partial charge in [-0.3, -0.25) is 4.79 Å². The molecule has 1 heterocycles. The van der Waals surface area contributed by atoms with Crippen LogP contribution in [0.4, 0.5) is 0 Å². The molecule has 0 spiro atoms. The number of aryl methyl sites for hydroxylation is 1. The number of nitrogens with zero attached hydrogens (tertiary/aromatic N) is 1. The minimum Gasteiger partial charge on any atom is -0.373 e. The summed E-state index contributed by atoms with van der Waals surface area (Å²) in [4.78, 5) is 27.7. The molecule has 0 amide bonds. The SMILES string of the molecule is CC.Cc1ccc(C(=O)c2ccc(CC(=O)ON)n2C)cc1. The maximum Gasteiger partial charge on any atom is 0.330 e. The van der Waals surface area contributed by atoms with Crippen LogP contribution in [-0.2, 0) is 23.1 Å². The molecule has 0 fully saturated rings. The fraction of sp³-hybridized carbons (Fsp3) is 0.294. The molecule has 2 aromatic rings. The fourth-order valence-electron chi connectivity index (χ4n) is 2.00. The Kier molecular flexibility index (Phi) is 6.53. The predicted molar refractivity (Wildman–Crippen MR) is 85.4 cm³/mol. The van der Waals surface area contributed by atoms with Crippen LogP contribution in [0.15, 0.2) is 36.4 Å². The first-order valence-electron chi connectivity index (χ1n) is 7.18. The van der Waals surface area contributed by atoms with Gasteiger partial charge < -0.3 is 9.40 Å². The summed E-state index contributed by atoms with van der Waals surface area (Å²) in [5, 5.41) is 0. The van der Waals surface area contributed by atoms with Gasteiger partial charge in [0.15, 0.2) is 0 Å². The lowest BCUT2D eigenvalue weighted by Crippen LogP contribution is -2.16. The molecule has 0 aliphatic carbocycles. The highest BCUT2D eigenvalue weighted by molar-refractivity contribution is 6.08. The zero-order chi connectivity index (χ0) is 16.7. The molecule has 0 aliphatic heterocycles. The topological polar surface area (TPSA) is 74.3 Å². The van der Waals surface area contributed by atoms with Crippen molar-refractivity contribution in [1.29, 1.82) is 0 Å². The highest BCUT2D eigenvalue weighted by atomic mass is 16.7. The Hall–Kier alpha value is -2.40. The highest BCUT2D eigenvalue weighted by Gasteiger charge is 2.16. The van der Waals surface area contributed by atoms with Crippen LogP contribution in [0.2, 0.25) is 0 Å². The lowest BCUT2D eigenvalue weighted by molar-refractivity contribution is -0.143. The van der Waals surface area contributed by atoms with Gasteiger partial charge in [0.25, 0.3) is 0 Å². The molecule has 2 rings (SSSR count). The Morgan fingerprint density at radius 2 is 1.68 bits per heavy atom. The molecule has 1 aromatic carbocycles. The maximum absolute atomic E-state index is 12.4. The van der Waals surface area contributed by atoms with E-state index >= 15 is 0 Å². The van der Waals surface area contributed by atoms with Crippen LogP contribution in [-0.4, -0.2) is 16.3 Å². The van der Waals surface area contributed by atoms with Crippen molar-refractivity contribution in [2.75, 3.05) is 0 Å². The number of hydrogen-bond donors (Lipinski definition) is 1. The van der Waals surface area contributed by atoms with E-state index < -0.39 is 5.97 Å². The number of carbonyl (C=O) groups excluding carboxylic acids is 2. The van der Waals surface area contributed by atoms with Gasteiger partial charge in [0.1, 0.15) is 0 Å². The summed E-state index contributed by atoms with van der Waals surface area (Å²) in [6, 6.07) is 10.8.